The van der Waals surface area contributed by atoms with Crippen LogP contribution in [0.5, 0.6) is 0 Å². The first-order valence-corrected chi connectivity index (χ1v) is 6.66. The van der Waals surface area contributed by atoms with Crippen LogP contribution < -0.4 is 22.1 Å². The summed E-state index contributed by atoms with van der Waals surface area (Å²) >= 11 is 0. The van der Waals surface area contributed by atoms with Crippen LogP contribution in [0.25, 0.3) is 0 Å². The summed E-state index contributed by atoms with van der Waals surface area (Å²) in [4.78, 5) is 9.89. The lowest BCUT2D eigenvalue weighted by Crippen LogP contribution is -2.26. The normalized spacial score (nSPS) is 11.3. The van der Waals surface area contributed by atoms with E-state index in [0.717, 1.165) is 17.8 Å². The predicted molar refractivity (Wildman–Crippen MR) is 88.8 cm³/mol. The number of nitrogens with zero attached hydrogens (tertiary/aromatic N) is 5. The fourth-order valence-corrected chi connectivity index (χ4v) is 1.99. The van der Waals surface area contributed by atoms with Gasteiger partial charge in [0, 0.05) is 38.1 Å². The van der Waals surface area contributed by atoms with Gasteiger partial charge in [0.05, 0.1) is 11.9 Å². The standard InChI is InChI=1S/C14H20N8/c1-21(8-10-7-18-22(2)9-10)12-5-3-11(4-6-12)19-14(17)20-13(15)16/h3-7,9H,8H2,1-2H3,(H6,15,16,17,19,20). The Morgan fingerprint density at radius 1 is 1.23 bits per heavy atom. The van der Waals surface area contributed by atoms with Crippen molar-refractivity contribution in [3.63, 3.8) is 0 Å². The summed E-state index contributed by atoms with van der Waals surface area (Å²) in [5, 5.41) is 4.16. The average Bonchev–Trinajstić information content (AvgIpc) is 2.83. The monoisotopic (exact) mass is 300 g/mol. The van der Waals surface area contributed by atoms with Gasteiger partial charge in [-0.2, -0.15) is 10.1 Å². The molecule has 0 fully saturated rings. The Morgan fingerprint density at radius 2 is 1.91 bits per heavy atom. The number of hydrogen-bond acceptors (Lipinski definition) is 3. The zero-order valence-corrected chi connectivity index (χ0v) is 12.6. The molecule has 1 aromatic heterocycles. The molecule has 22 heavy (non-hydrogen) atoms. The quantitative estimate of drug-likeness (QED) is 0.552. The van der Waals surface area contributed by atoms with Gasteiger partial charge in [-0.1, -0.05) is 0 Å². The predicted octanol–water partition coefficient (Wildman–Crippen LogP) is 0.276. The summed E-state index contributed by atoms with van der Waals surface area (Å²) in [5.74, 6) is -0.0921. The molecule has 116 valence electrons. The maximum Gasteiger partial charge on any atom is 0.223 e. The van der Waals surface area contributed by atoms with Gasteiger partial charge < -0.3 is 22.1 Å². The molecule has 8 heteroatoms. The van der Waals surface area contributed by atoms with Crippen molar-refractivity contribution in [1.82, 2.24) is 9.78 Å². The summed E-state index contributed by atoms with van der Waals surface area (Å²) in [5.41, 5.74) is 19.0. The molecule has 0 saturated heterocycles. The number of hydrogen-bond donors (Lipinski definition) is 3. The summed E-state index contributed by atoms with van der Waals surface area (Å²) in [6.07, 6.45) is 3.84. The van der Waals surface area contributed by atoms with Crippen LogP contribution in [0.1, 0.15) is 5.56 Å². The highest BCUT2D eigenvalue weighted by molar-refractivity contribution is 5.93. The third-order valence-corrected chi connectivity index (χ3v) is 2.96. The second-order valence-corrected chi connectivity index (χ2v) is 4.90. The number of rotatable bonds is 4. The van der Waals surface area contributed by atoms with Crippen molar-refractivity contribution in [1.29, 1.82) is 0 Å². The molecule has 0 spiro atoms. The van der Waals surface area contributed by atoms with E-state index in [1.165, 1.54) is 0 Å². The van der Waals surface area contributed by atoms with Crippen molar-refractivity contribution < 1.29 is 0 Å². The van der Waals surface area contributed by atoms with E-state index >= 15 is 0 Å². The van der Waals surface area contributed by atoms with Crippen LogP contribution in [0.3, 0.4) is 0 Å². The van der Waals surface area contributed by atoms with Gasteiger partial charge in [0.15, 0.2) is 5.96 Å². The summed E-state index contributed by atoms with van der Waals surface area (Å²) in [7, 11) is 3.91. The second kappa shape index (κ2) is 6.61. The van der Waals surface area contributed by atoms with Gasteiger partial charge in [-0.3, -0.25) is 4.68 Å². The molecule has 0 bridgehead atoms. The number of aromatic nitrogens is 2. The molecule has 0 unspecified atom stereocenters. The number of guanidine groups is 2. The summed E-state index contributed by atoms with van der Waals surface area (Å²) in [6, 6.07) is 7.62. The molecule has 0 atom stereocenters. The smallest absolute Gasteiger partial charge is 0.223 e. The Bertz CT molecular complexity index is 679. The Balaban J connectivity index is 2.06. The highest BCUT2D eigenvalue weighted by Gasteiger charge is 2.04. The van der Waals surface area contributed by atoms with Crippen LogP contribution in [0.4, 0.5) is 11.4 Å². The minimum atomic E-state index is -0.117. The molecule has 0 radical (unpaired) electrons. The van der Waals surface area contributed by atoms with Crippen LogP contribution >= 0.6 is 0 Å². The van der Waals surface area contributed by atoms with Gasteiger partial charge in [0.1, 0.15) is 0 Å². The topological polar surface area (TPSA) is 124 Å². The molecular formula is C14H20N8. The van der Waals surface area contributed by atoms with Crippen molar-refractivity contribution in [2.75, 3.05) is 11.9 Å². The van der Waals surface area contributed by atoms with E-state index in [9.17, 15) is 0 Å². The van der Waals surface area contributed by atoms with E-state index in [2.05, 4.69) is 20.0 Å². The van der Waals surface area contributed by atoms with E-state index in [1.807, 2.05) is 50.8 Å². The van der Waals surface area contributed by atoms with Crippen molar-refractivity contribution >= 4 is 23.3 Å². The average molecular weight is 300 g/mol. The molecule has 0 amide bonds. The molecule has 0 aliphatic heterocycles. The summed E-state index contributed by atoms with van der Waals surface area (Å²) in [6.45, 7) is 0.770. The number of aryl methyl sites for hydroxylation is 1. The molecule has 2 rings (SSSR count). The summed E-state index contributed by atoms with van der Waals surface area (Å²) < 4.78 is 1.79. The number of nitrogens with two attached hydrogens (primary N) is 3. The van der Waals surface area contributed by atoms with Crippen LogP contribution in [0.15, 0.2) is 46.6 Å². The first kappa shape index (κ1) is 15.4. The van der Waals surface area contributed by atoms with E-state index in [-0.39, 0.29) is 11.9 Å². The molecule has 1 heterocycles. The number of anilines is 1. The van der Waals surface area contributed by atoms with Gasteiger partial charge in [-0.05, 0) is 24.3 Å². The van der Waals surface area contributed by atoms with Gasteiger partial charge >= 0.3 is 0 Å². The zero-order valence-electron chi connectivity index (χ0n) is 12.6. The molecule has 0 aliphatic carbocycles. The lowest BCUT2D eigenvalue weighted by Gasteiger charge is -2.18. The SMILES string of the molecule is CN(Cc1cnn(C)c1)c1ccc(N=C(N)N=C(N)N)cc1. The highest BCUT2D eigenvalue weighted by Crippen LogP contribution is 2.20. The van der Waals surface area contributed by atoms with Gasteiger partial charge in [0.25, 0.3) is 0 Å². The molecule has 1 aromatic carbocycles. The van der Waals surface area contributed by atoms with E-state index in [4.69, 9.17) is 17.2 Å². The molecule has 8 nitrogen and oxygen atoms in total. The minimum absolute atomic E-state index is 0.0245. The van der Waals surface area contributed by atoms with E-state index in [0.29, 0.717) is 5.69 Å². The zero-order chi connectivity index (χ0) is 16.1. The van der Waals surface area contributed by atoms with E-state index < -0.39 is 0 Å². The van der Waals surface area contributed by atoms with Crippen LogP contribution in [0, 0.1) is 0 Å². The Hall–Kier alpha value is -3.03. The Morgan fingerprint density at radius 3 is 2.45 bits per heavy atom. The largest absolute Gasteiger partial charge is 0.370 e. The molecule has 2 aromatic rings. The van der Waals surface area contributed by atoms with Crippen molar-refractivity contribution in [3.05, 3.63) is 42.2 Å². The minimum Gasteiger partial charge on any atom is -0.370 e. The van der Waals surface area contributed by atoms with Crippen molar-refractivity contribution in [3.8, 4) is 0 Å². The second-order valence-electron chi connectivity index (χ2n) is 4.90. The molecule has 0 saturated carbocycles. The van der Waals surface area contributed by atoms with Gasteiger partial charge in [-0.25, -0.2) is 4.99 Å². The van der Waals surface area contributed by atoms with Crippen LogP contribution in [0.2, 0.25) is 0 Å². The lowest BCUT2D eigenvalue weighted by molar-refractivity contribution is 0.766. The van der Waals surface area contributed by atoms with Crippen LogP contribution in [-0.4, -0.2) is 28.7 Å². The molecule has 6 N–H and O–H groups in total. The number of benzene rings is 1. The molecule has 0 aliphatic rings. The Labute approximate surface area is 128 Å². The highest BCUT2D eigenvalue weighted by atomic mass is 15.2. The Kier molecular flexibility index (Phi) is 4.62. The maximum absolute atomic E-state index is 5.59. The third kappa shape index (κ3) is 4.23. The first-order valence-electron chi connectivity index (χ1n) is 6.66. The fraction of sp³-hybridized carbons (Fsp3) is 0.214. The molecular weight excluding hydrogens is 280 g/mol. The van der Waals surface area contributed by atoms with Gasteiger partial charge in [-0.15, -0.1) is 0 Å². The number of aliphatic imine (C=N–C) groups is 2. The first-order chi connectivity index (χ1) is 10.4. The fourth-order valence-electron chi connectivity index (χ4n) is 1.99. The lowest BCUT2D eigenvalue weighted by atomic mass is 10.2. The van der Waals surface area contributed by atoms with Crippen molar-refractivity contribution in [2.45, 2.75) is 6.54 Å². The maximum atomic E-state index is 5.59. The van der Waals surface area contributed by atoms with E-state index in [1.54, 1.807) is 4.68 Å². The third-order valence-electron chi connectivity index (χ3n) is 2.96. The van der Waals surface area contributed by atoms with Crippen molar-refractivity contribution in [2.24, 2.45) is 34.2 Å². The van der Waals surface area contributed by atoms with Gasteiger partial charge in [0.2, 0.25) is 5.96 Å². The van der Waals surface area contributed by atoms with Crippen LogP contribution in [-0.2, 0) is 13.6 Å².